The molecule has 4 rings (SSSR count). The molecule has 29 heavy (non-hydrogen) atoms. The van der Waals surface area contributed by atoms with Crippen molar-refractivity contribution < 1.29 is 18.7 Å². The minimum Gasteiger partial charge on any atom is -0.488 e. The Bertz CT molecular complexity index is 1230. The van der Waals surface area contributed by atoms with Gasteiger partial charge in [-0.2, -0.15) is 0 Å². The number of carbonyl (C=O) groups excluding carboxylic acids is 1. The Morgan fingerprint density at radius 3 is 2.52 bits per heavy atom. The van der Waals surface area contributed by atoms with E-state index in [1.165, 1.54) is 12.1 Å². The maximum atomic E-state index is 12.7. The van der Waals surface area contributed by atoms with Crippen LogP contribution in [0, 0.1) is 0 Å². The first-order valence-corrected chi connectivity index (χ1v) is 9.19. The summed E-state index contributed by atoms with van der Waals surface area (Å²) in [6.45, 7) is 0.280. The summed E-state index contributed by atoms with van der Waals surface area (Å²) in [4.78, 5) is 24.1. The van der Waals surface area contributed by atoms with E-state index in [4.69, 9.17) is 25.5 Å². The molecule has 0 aliphatic rings. The van der Waals surface area contributed by atoms with Crippen molar-refractivity contribution in [2.24, 2.45) is 0 Å². The molecule has 6 heteroatoms. The van der Waals surface area contributed by atoms with Gasteiger partial charge in [-0.1, -0.05) is 35.9 Å². The molecule has 0 radical (unpaired) electrons. The summed E-state index contributed by atoms with van der Waals surface area (Å²) >= 11 is 5.89. The molecule has 3 aromatic carbocycles. The van der Waals surface area contributed by atoms with Gasteiger partial charge in [0.25, 0.3) is 0 Å². The summed E-state index contributed by atoms with van der Waals surface area (Å²) in [5.74, 6) is 0.0958. The number of benzene rings is 3. The van der Waals surface area contributed by atoms with Crippen molar-refractivity contribution in [2.75, 3.05) is 0 Å². The summed E-state index contributed by atoms with van der Waals surface area (Å²) in [7, 11) is 0. The van der Waals surface area contributed by atoms with Gasteiger partial charge in [-0.25, -0.2) is 9.59 Å². The second-order valence-electron chi connectivity index (χ2n) is 6.25. The van der Waals surface area contributed by atoms with Crippen molar-refractivity contribution in [3.8, 4) is 11.5 Å². The Kier molecular flexibility index (Phi) is 5.31. The fourth-order valence-electron chi connectivity index (χ4n) is 2.77. The molecule has 0 saturated heterocycles. The third kappa shape index (κ3) is 4.47. The zero-order valence-corrected chi connectivity index (χ0v) is 15.9. The van der Waals surface area contributed by atoms with E-state index in [0.717, 1.165) is 10.9 Å². The van der Waals surface area contributed by atoms with Crippen LogP contribution in [0.25, 0.3) is 11.0 Å². The van der Waals surface area contributed by atoms with Gasteiger partial charge in [0.2, 0.25) is 0 Å². The average Bonchev–Trinajstić information content (AvgIpc) is 2.73. The van der Waals surface area contributed by atoms with Crippen molar-refractivity contribution in [2.45, 2.75) is 6.61 Å². The molecule has 0 atom stereocenters. The van der Waals surface area contributed by atoms with E-state index in [-0.39, 0.29) is 17.9 Å². The molecule has 0 saturated carbocycles. The van der Waals surface area contributed by atoms with E-state index in [0.29, 0.717) is 16.4 Å². The fourth-order valence-corrected chi connectivity index (χ4v) is 2.90. The number of esters is 1. The average molecular weight is 407 g/mol. The van der Waals surface area contributed by atoms with E-state index in [2.05, 4.69) is 0 Å². The first-order valence-electron chi connectivity index (χ1n) is 8.81. The quantitative estimate of drug-likeness (QED) is 0.257. The number of fused-ring (bicyclic) bond motifs is 1. The molecule has 4 aromatic rings. The normalized spacial score (nSPS) is 10.7. The van der Waals surface area contributed by atoms with Crippen LogP contribution in [0.4, 0.5) is 0 Å². The van der Waals surface area contributed by atoms with E-state index < -0.39 is 11.6 Å². The smallest absolute Gasteiger partial charge is 0.347 e. The van der Waals surface area contributed by atoms with Crippen molar-refractivity contribution >= 4 is 28.5 Å². The Morgan fingerprint density at radius 2 is 1.69 bits per heavy atom. The van der Waals surface area contributed by atoms with Crippen LogP contribution in [-0.4, -0.2) is 5.97 Å². The lowest BCUT2D eigenvalue weighted by Crippen LogP contribution is -2.11. The monoisotopic (exact) mass is 406 g/mol. The molecule has 0 amide bonds. The third-order valence-electron chi connectivity index (χ3n) is 4.22. The number of para-hydroxylation sites is 1. The minimum absolute atomic E-state index is 0.268. The highest BCUT2D eigenvalue weighted by Crippen LogP contribution is 2.24. The molecule has 0 N–H and O–H groups in total. The van der Waals surface area contributed by atoms with Crippen LogP contribution in [0.5, 0.6) is 11.5 Å². The Labute approximate surface area is 171 Å². The summed E-state index contributed by atoms with van der Waals surface area (Å²) < 4.78 is 16.4. The molecule has 1 aromatic heterocycles. The maximum Gasteiger partial charge on any atom is 0.347 e. The summed E-state index contributed by atoms with van der Waals surface area (Å²) in [5.41, 5.74) is 1.08. The first-order chi connectivity index (χ1) is 14.1. The highest BCUT2D eigenvalue weighted by molar-refractivity contribution is 6.30. The molecule has 0 spiro atoms. The topological polar surface area (TPSA) is 65.7 Å². The predicted molar refractivity (Wildman–Crippen MR) is 110 cm³/mol. The lowest BCUT2D eigenvalue weighted by molar-refractivity contribution is 0.0730. The lowest BCUT2D eigenvalue weighted by atomic mass is 10.2. The van der Waals surface area contributed by atoms with E-state index >= 15 is 0 Å². The summed E-state index contributed by atoms with van der Waals surface area (Å²) in [6, 6.07) is 21.9. The highest BCUT2D eigenvalue weighted by atomic mass is 35.5. The molecule has 144 valence electrons. The van der Waals surface area contributed by atoms with E-state index in [1.54, 1.807) is 54.6 Å². The molecule has 0 bridgehead atoms. The van der Waals surface area contributed by atoms with Crippen LogP contribution in [0.1, 0.15) is 15.9 Å². The van der Waals surface area contributed by atoms with Crippen LogP contribution in [0.15, 0.2) is 88.1 Å². The van der Waals surface area contributed by atoms with Gasteiger partial charge in [-0.05, 0) is 48.0 Å². The van der Waals surface area contributed by atoms with Gasteiger partial charge in [0.05, 0.1) is 0 Å². The summed E-state index contributed by atoms with van der Waals surface area (Å²) in [6.07, 6.45) is 0. The molecule has 0 fully saturated rings. The van der Waals surface area contributed by atoms with Gasteiger partial charge in [0, 0.05) is 22.5 Å². The first kappa shape index (κ1) is 18.8. The van der Waals surface area contributed by atoms with Crippen molar-refractivity contribution in [3.05, 3.63) is 105 Å². The van der Waals surface area contributed by atoms with Gasteiger partial charge >= 0.3 is 11.6 Å². The molecular formula is C23H15ClO5. The Balaban J connectivity index is 1.53. The second-order valence-corrected chi connectivity index (χ2v) is 6.69. The third-order valence-corrected chi connectivity index (χ3v) is 4.47. The zero-order chi connectivity index (χ0) is 20.2. The number of hydrogen-bond acceptors (Lipinski definition) is 5. The largest absolute Gasteiger partial charge is 0.488 e. The van der Waals surface area contributed by atoms with Crippen LogP contribution in [0.2, 0.25) is 5.02 Å². The standard InChI is InChI=1S/C23H15ClO5/c24-17-9-5-15(6-10-17)14-27-20-4-2-1-3-19(20)23(26)28-18-11-7-16-8-12-22(25)29-21(16)13-18/h1-13H,14H2. The van der Waals surface area contributed by atoms with Crippen LogP contribution >= 0.6 is 11.6 Å². The molecule has 1 heterocycles. The van der Waals surface area contributed by atoms with E-state index in [9.17, 15) is 9.59 Å². The SMILES string of the molecule is O=C(Oc1ccc2ccc(=O)oc2c1)c1ccccc1OCc1ccc(Cl)cc1. The fraction of sp³-hybridized carbons (Fsp3) is 0.0435. The van der Waals surface area contributed by atoms with Crippen LogP contribution < -0.4 is 15.1 Å². The van der Waals surface area contributed by atoms with E-state index in [1.807, 2.05) is 12.1 Å². The molecule has 0 unspecified atom stereocenters. The lowest BCUT2D eigenvalue weighted by Gasteiger charge is -2.11. The maximum absolute atomic E-state index is 12.7. The summed E-state index contributed by atoms with van der Waals surface area (Å²) in [5, 5.41) is 1.38. The van der Waals surface area contributed by atoms with Gasteiger partial charge < -0.3 is 13.9 Å². The molecule has 0 aliphatic carbocycles. The number of rotatable bonds is 5. The molecule has 5 nitrogen and oxygen atoms in total. The molecular weight excluding hydrogens is 392 g/mol. The number of ether oxygens (including phenoxy) is 2. The highest BCUT2D eigenvalue weighted by Gasteiger charge is 2.15. The van der Waals surface area contributed by atoms with Crippen molar-refractivity contribution in [3.63, 3.8) is 0 Å². The Morgan fingerprint density at radius 1 is 0.931 bits per heavy atom. The van der Waals surface area contributed by atoms with Gasteiger partial charge in [0.15, 0.2) is 0 Å². The van der Waals surface area contributed by atoms with Gasteiger partial charge in [0.1, 0.15) is 29.3 Å². The zero-order valence-electron chi connectivity index (χ0n) is 15.1. The van der Waals surface area contributed by atoms with Crippen LogP contribution in [-0.2, 0) is 6.61 Å². The number of hydrogen-bond donors (Lipinski definition) is 0. The second kappa shape index (κ2) is 8.20. The number of halogens is 1. The Hall–Kier alpha value is -3.57. The van der Waals surface area contributed by atoms with Crippen molar-refractivity contribution in [1.82, 2.24) is 0 Å². The van der Waals surface area contributed by atoms with Gasteiger partial charge in [-0.3, -0.25) is 0 Å². The van der Waals surface area contributed by atoms with Crippen LogP contribution in [0.3, 0.4) is 0 Å². The van der Waals surface area contributed by atoms with Gasteiger partial charge in [-0.15, -0.1) is 0 Å². The predicted octanol–water partition coefficient (Wildman–Crippen LogP) is 5.24. The van der Waals surface area contributed by atoms with Crippen molar-refractivity contribution in [1.29, 1.82) is 0 Å². The number of carbonyl (C=O) groups is 1. The molecule has 0 aliphatic heterocycles. The minimum atomic E-state index is -0.575.